The van der Waals surface area contributed by atoms with Gasteiger partial charge in [0.1, 0.15) is 5.52 Å². The van der Waals surface area contributed by atoms with Crippen LogP contribution in [0.25, 0.3) is 11.0 Å². The minimum atomic E-state index is 0.374. The maximum Gasteiger partial charge on any atom is 0.201 e. The monoisotopic (exact) mass is 253 g/mol. The average Bonchev–Trinajstić information content (AvgIpc) is 2.58. The molecule has 0 spiro atoms. The summed E-state index contributed by atoms with van der Waals surface area (Å²) < 4.78 is 7.10. The van der Waals surface area contributed by atoms with Crippen LogP contribution in [0.4, 0.5) is 5.95 Å². The lowest BCUT2D eigenvalue weighted by Gasteiger charge is -2.12. The van der Waals surface area contributed by atoms with Crippen molar-refractivity contribution in [1.29, 1.82) is 0 Å². The zero-order valence-electron chi connectivity index (χ0n) is 9.98. The number of nitrogen functional groups attached to an aromatic ring is 1. The molecule has 0 aliphatic heterocycles. The van der Waals surface area contributed by atoms with Crippen LogP contribution in [0.2, 0.25) is 5.02 Å². The minimum Gasteiger partial charge on any atom is -0.384 e. The van der Waals surface area contributed by atoms with Gasteiger partial charge in [-0.15, -0.1) is 0 Å². The van der Waals surface area contributed by atoms with Crippen molar-refractivity contribution in [2.75, 3.05) is 19.5 Å². The molecule has 0 aliphatic carbocycles. The number of imidazole rings is 1. The number of aromatic nitrogens is 2. The van der Waals surface area contributed by atoms with Gasteiger partial charge < -0.3 is 15.0 Å². The molecule has 1 aromatic heterocycles. The SMILES string of the molecule is COCC(C)Cn1c(N)nc2c(Cl)cccc21. The molecule has 0 radical (unpaired) electrons. The summed E-state index contributed by atoms with van der Waals surface area (Å²) in [6, 6.07) is 5.70. The van der Waals surface area contributed by atoms with Gasteiger partial charge in [0.25, 0.3) is 0 Å². The van der Waals surface area contributed by atoms with Gasteiger partial charge in [-0.05, 0) is 18.1 Å². The molecule has 0 aliphatic rings. The fourth-order valence-electron chi connectivity index (χ4n) is 1.97. The summed E-state index contributed by atoms with van der Waals surface area (Å²) in [5.41, 5.74) is 7.65. The molecule has 5 heteroatoms. The van der Waals surface area contributed by atoms with E-state index >= 15 is 0 Å². The maximum absolute atomic E-state index is 6.08. The van der Waals surface area contributed by atoms with Gasteiger partial charge in [-0.2, -0.15) is 0 Å². The normalized spacial score (nSPS) is 13.1. The topological polar surface area (TPSA) is 53.1 Å². The molecule has 2 aromatic rings. The Morgan fingerprint density at radius 2 is 2.29 bits per heavy atom. The van der Waals surface area contributed by atoms with Crippen LogP contribution in [0.1, 0.15) is 6.92 Å². The number of nitrogens with zero attached hydrogens (tertiary/aromatic N) is 2. The van der Waals surface area contributed by atoms with Crippen LogP contribution in [0.15, 0.2) is 18.2 Å². The number of nitrogens with two attached hydrogens (primary N) is 1. The average molecular weight is 254 g/mol. The Kier molecular flexibility index (Phi) is 3.54. The Hall–Kier alpha value is -1.26. The fraction of sp³-hybridized carbons (Fsp3) is 0.417. The number of rotatable bonds is 4. The highest BCUT2D eigenvalue weighted by atomic mass is 35.5. The Morgan fingerprint density at radius 3 is 3.00 bits per heavy atom. The highest BCUT2D eigenvalue weighted by Gasteiger charge is 2.12. The van der Waals surface area contributed by atoms with Gasteiger partial charge in [-0.1, -0.05) is 24.6 Å². The molecule has 92 valence electrons. The third kappa shape index (κ3) is 2.37. The number of hydrogen-bond acceptors (Lipinski definition) is 3. The third-order valence-electron chi connectivity index (χ3n) is 2.70. The van der Waals surface area contributed by atoms with Gasteiger partial charge in [-0.25, -0.2) is 4.98 Å². The van der Waals surface area contributed by atoms with E-state index in [1.807, 2.05) is 22.8 Å². The van der Waals surface area contributed by atoms with Crippen LogP contribution >= 0.6 is 11.6 Å². The number of fused-ring (bicyclic) bond motifs is 1. The van der Waals surface area contributed by atoms with Crippen LogP contribution in [0.3, 0.4) is 0 Å². The summed E-state index contributed by atoms with van der Waals surface area (Å²) in [5.74, 6) is 0.870. The number of ether oxygens (including phenoxy) is 1. The second-order valence-corrected chi connectivity index (χ2v) is 4.66. The molecule has 17 heavy (non-hydrogen) atoms. The smallest absolute Gasteiger partial charge is 0.201 e. The van der Waals surface area contributed by atoms with E-state index in [-0.39, 0.29) is 0 Å². The molecule has 2 rings (SSSR count). The van der Waals surface area contributed by atoms with Crippen LogP contribution < -0.4 is 5.73 Å². The minimum absolute atomic E-state index is 0.374. The Bertz CT molecular complexity index is 524. The summed E-state index contributed by atoms with van der Waals surface area (Å²) >= 11 is 6.08. The van der Waals surface area contributed by atoms with Crippen LogP contribution in [-0.2, 0) is 11.3 Å². The second kappa shape index (κ2) is 4.94. The summed E-state index contributed by atoms with van der Waals surface area (Å²) in [7, 11) is 1.70. The first kappa shape index (κ1) is 12.2. The van der Waals surface area contributed by atoms with E-state index in [0.29, 0.717) is 23.5 Å². The highest BCUT2D eigenvalue weighted by molar-refractivity contribution is 6.35. The molecule has 1 heterocycles. The molecule has 1 atom stereocenters. The number of methoxy groups -OCH3 is 1. The van der Waals surface area contributed by atoms with Gasteiger partial charge in [-0.3, -0.25) is 0 Å². The van der Waals surface area contributed by atoms with Gasteiger partial charge in [0.15, 0.2) is 0 Å². The van der Waals surface area contributed by atoms with Crippen LogP contribution in [0, 0.1) is 5.92 Å². The van der Waals surface area contributed by atoms with Crippen molar-refractivity contribution in [2.45, 2.75) is 13.5 Å². The first-order chi connectivity index (χ1) is 8.13. The van der Waals surface area contributed by atoms with Crippen molar-refractivity contribution in [3.63, 3.8) is 0 Å². The van der Waals surface area contributed by atoms with E-state index in [2.05, 4.69) is 11.9 Å². The fourth-order valence-corrected chi connectivity index (χ4v) is 2.18. The van der Waals surface area contributed by atoms with Crippen molar-refractivity contribution in [3.05, 3.63) is 23.2 Å². The predicted molar refractivity (Wildman–Crippen MR) is 70.2 cm³/mol. The van der Waals surface area contributed by atoms with Crippen LogP contribution in [-0.4, -0.2) is 23.3 Å². The third-order valence-corrected chi connectivity index (χ3v) is 3.01. The van der Waals surface area contributed by atoms with Crippen molar-refractivity contribution in [3.8, 4) is 0 Å². The van der Waals surface area contributed by atoms with E-state index in [4.69, 9.17) is 22.1 Å². The number of anilines is 1. The van der Waals surface area contributed by atoms with Gasteiger partial charge >= 0.3 is 0 Å². The standard InChI is InChI=1S/C12H16ClN3O/c1-8(7-17-2)6-16-10-5-3-4-9(13)11(10)15-12(16)14/h3-5,8H,6-7H2,1-2H3,(H2,14,15). The Balaban J connectivity index is 2.40. The number of halogens is 1. The van der Waals surface area contributed by atoms with E-state index < -0.39 is 0 Å². The first-order valence-electron chi connectivity index (χ1n) is 5.52. The molecule has 1 unspecified atom stereocenters. The molecule has 0 saturated carbocycles. The van der Waals surface area contributed by atoms with Gasteiger partial charge in [0, 0.05) is 13.7 Å². The van der Waals surface area contributed by atoms with E-state index in [1.165, 1.54) is 0 Å². The molecule has 4 nitrogen and oxygen atoms in total. The quantitative estimate of drug-likeness (QED) is 0.911. The summed E-state index contributed by atoms with van der Waals surface area (Å²) in [4.78, 5) is 4.29. The van der Waals surface area contributed by atoms with Crippen molar-refractivity contribution in [1.82, 2.24) is 9.55 Å². The molecule has 0 fully saturated rings. The second-order valence-electron chi connectivity index (χ2n) is 4.25. The zero-order chi connectivity index (χ0) is 12.4. The summed E-state index contributed by atoms with van der Waals surface area (Å²) in [6.45, 7) is 3.58. The molecule has 1 aromatic carbocycles. The lowest BCUT2D eigenvalue weighted by molar-refractivity contribution is 0.152. The van der Waals surface area contributed by atoms with Crippen molar-refractivity contribution < 1.29 is 4.74 Å². The zero-order valence-corrected chi connectivity index (χ0v) is 10.7. The van der Waals surface area contributed by atoms with Crippen molar-refractivity contribution >= 4 is 28.6 Å². The highest BCUT2D eigenvalue weighted by Crippen LogP contribution is 2.25. The predicted octanol–water partition coefficient (Wildman–Crippen LogP) is 2.55. The number of benzene rings is 1. The maximum atomic E-state index is 6.08. The first-order valence-corrected chi connectivity index (χ1v) is 5.90. The summed E-state index contributed by atoms with van der Waals surface area (Å²) in [6.07, 6.45) is 0. The van der Waals surface area contributed by atoms with Crippen molar-refractivity contribution in [2.24, 2.45) is 5.92 Å². The van der Waals surface area contributed by atoms with E-state index in [1.54, 1.807) is 7.11 Å². The lowest BCUT2D eigenvalue weighted by atomic mass is 10.2. The van der Waals surface area contributed by atoms with Gasteiger partial charge in [0.2, 0.25) is 5.95 Å². The Labute approximate surface area is 105 Å². The summed E-state index contributed by atoms with van der Waals surface area (Å²) in [5, 5.41) is 0.632. The van der Waals surface area contributed by atoms with Gasteiger partial charge in [0.05, 0.1) is 17.1 Å². The molecular weight excluding hydrogens is 238 g/mol. The number of para-hydroxylation sites is 1. The number of hydrogen-bond donors (Lipinski definition) is 1. The molecule has 0 saturated heterocycles. The van der Waals surface area contributed by atoms with E-state index in [9.17, 15) is 0 Å². The molecule has 0 bridgehead atoms. The molecular formula is C12H16ClN3O. The van der Waals surface area contributed by atoms with Crippen LogP contribution in [0.5, 0.6) is 0 Å². The lowest BCUT2D eigenvalue weighted by Crippen LogP contribution is -2.14. The molecule has 0 amide bonds. The Morgan fingerprint density at radius 1 is 1.53 bits per heavy atom. The van der Waals surface area contributed by atoms with E-state index in [0.717, 1.165) is 17.6 Å². The largest absolute Gasteiger partial charge is 0.384 e. The molecule has 2 N–H and O–H groups in total.